The van der Waals surface area contributed by atoms with Gasteiger partial charge in [-0.05, 0) is 40.3 Å². The predicted molar refractivity (Wildman–Crippen MR) is 66.9 cm³/mol. The van der Waals surface area contributed by atoms with E-state index >= 15 is 0 Å². The molecule has 2 rings (SSSR count). The van der Waals surface area contributed by atoms with Crippen molar-refractivity contribution >= 4 is 27.4 Å². The Balaban J connectivity index is 2.20. The smallest absolute Gasteiger partial charge is 0.140 e. The molecular formula is C11H16BrN3. The summed E-state index contributed by atoms with van der Waals surface area (Å²) in [5.74, 6) is 0.900. The number of anilines is 2. The molecule has 0 aromatic carbocycles. The van der Waals surface area contributed by atoms with Gasteiger partial charge in [0.15, 0.2) is 0 Å². The zero-order valence-electron chi connectivity index (χ0n) is 9.26. The molecule has 0 spiro atoms. The molecule has 3 N–H and O–H groups in total. The molecule has 1 aromatic heterocycles. The van der Waals surface area contributed by atoms with Crippen LogP contribution in [-0.4, -0.2) is 11.0 Å². The van der Waals surface area contributed by atoms with Crippen LogP contribution in [0.25, 0.3) is 0 Å². The van der Waals surface area contributed by atoms with Gasteiger partial charge in [-0.1, -0.05) is 13.8 Å². The summed E-state index contributed by atoms with van der Waals surface area (Å²) < 4.78 is 0.977. The minimum Gasteiger partial charge on any atom is -0.397 e. The van der Waals surface area contributed by atoms with Crippen molar-refractivity contribution < 1.29 is 0 Å². The Kier molecular flexibility index (Phi) is 2.41. The van der Waals surface area contributed by atoms with E-state index in [2.05, 4.69) is 40.1 Å². The Bertz CT molecular complexity index is 401. The maximum Gasteiger partial charge on any atom is 0.140 e. The molecule has 1 aromatic rings. The molecule has 1 unspecified atom stereocenters. The lowest BCUT2D eigenvalue weighted by atomic mass is 10.2. The van der Waals surface area contributed by atoms with Crippen molar-refractivity contribution in [3.05, 3.63) is 16.2 Å². The third-order valence-electron chi connectivity index (χ3n) is 3.13. The maximum absolute atomic E-state index is 5.77. The van der Waals surface area contributed by atoms with Gasteiger partial charge >= 0.3 is 0 Å². The molecule has 0 saturated heterocycles. The van der Waals surface area contributed by atoms with E-state index < -0.39 is 0 Å². The number of hydrogen-bond acceptors (Lipinski definition) is 3. The minimum absolute atomic E-state index is 0.399. The van der Waals surface area contributed by atoms with E-state index in [0.717, 1.165) is 21.5 Å². The maximum atomic E-state index is 5.77. The van der Waals surface area contributed by atoms with Crippen LogP contribution < -0.4 is 11.1 Å². The summed E-state index contributed by atoms with van der Waals surface area (Å²) in [5.41, 5.74) is 7.94. The first kappa shape index (κ1) is 10.7. The van der Waals surface area contributed by atoms with Crippen molar-refractivity contribution in [1.29, 1.82) is 0 Å². The molecule has 1 aliphatic carbocycles. The van der Waals surface area contributed by atoms with Crippen LogP contribution in [0.3, 0.4) is 0 Å². The van der Waals surface area contributed by atoms with E-state index in [9.17, 15) is 0 Å². The topological polar surface area (TPSA) is 50.9 Å². The van der Waals surface area contributed by atoms with Crippen molar-refractivity contribution in [2.45, 2.75) is 33.2 Å². The largest absolute Gasteiger partial charge is 0.397 e. The predicted octanol–water partition coefficient (Wildman–Crippen LogP) is 2.95. The summed E-state index contributed by atoms with van der Waals surface area (Å²) in [7, 11) is 0. The van der Waals surface area contributed by atoms with E-state index in [1.165, 1.54) is 6.42 Å². The van der Waals surface area contributed by atoms with Crippen molar-refractivity contribution in [2.75, 3.05) is 11.1 Å². The quantitative estimate of drug-likeness (QED) is 0.868. The fourth-order valence-electron chi connectivity index (χ4n) is 1.57. The Morgan fingerprint density at radius 1 is 1.60 bits per heavy atom. The van der Waals surface area contributed by atoms with Crippen LogP contribution in [0.4, 0.5) is 11.5 Å². The number of nitrogens with zero attached hydrogens (tertiary/aromatic N) is 1. The monoisotopic (exact) mass is 269 g/mol. The van der Waals surface area contributed by atoms with Gasteiger partial charge in [-0.15, -0.1) is 0 Å². The average Bonchev–Trinajstić information content (AvgIpc) is 2.75. The third-order valence-corrected chi connectivity index (χ3v) is 4.10. The fraction of sp³-hybridized carbons (Fsp3) is 0.545. The van der Waals surface area contributed by atoms with Crippen LogP contribution in [0.1, 0.15) is 25.8 Å². The van der Waals surface area contributed by atoms with E-state index in [0.29, 0.717) is 11.5 Å². The highest BCUT2D eigenvalue weighted by Crippen LogP contribution is 2.47. The first-order chi connectivity index (χ1) is 6.92. The summed E-state index contributed by atoms with van der Waals surface area (Å²) >= 11 is 3.52. The van der Waals surface area contributed by atoms with Gasteiger partial charge < -0.3 is 11.1 Å². The number of hydrogen-bond donors (Lipinski definition) is 2. The zero-order chi connectivity index (χ0) is 11.2. The lowest BCUT2D eigenvalue weighted by Gasteiger charge is -2.11. The second kappa shape index (κ2) is 3.37. The van der Waals surface area contributed by atoms with E-state index in [1.807, 2.05) is 6.92 Å². The van der Waals surface area contributed by atoms with E-state index in [-0.39, 0.29) is 0 Å². The number of nitrogens with two attached hydrogens (primary N) is 1. The van der Waals surface area contributed by atoms with Gasteiger partial charge in [0.05, 0.1) is 16.4 Å². The van der Waals surface area contributed by atoms with Crippen LogP contribution >= 0.6 is 15.9 Å². The van der Waals surface area contributed by atoms with Gasteiger partial charge in [-0.3, -0.25) is 0 Å². The molecule has 15 heavy (non-hydrogen) atoms. The Labute approximate surface area is 98.6 Å². The Morgan fingerprint density at radius 3 is 2.73 bits per heavy atom. The number of nitrogen functional groups attached to an aromatic ring is 1. The zero-order valence-corrected chi connectivity index (χ0v) is 10.9. The normalized spacial score (nSPS) is 22.5. The van der Waals surface area contributed by atoms with Gasteiger partial charge in [-0.2, -0.15) is 0 Å². The van der Waals surface area contributed by atoms with Gasteiger partial charge in [0.25, 0.3) is 0 Å². The number of rotatable bonds is 2. The lowest BCUT2D eigenvalue weighted by Crippen LogP contribution is -2.11. The first-order valence-corrected chi connectivity index (χ1v) is 5.88. The molecule has 1 fully saturated rings. The molecular weight excluding hydrogens is 254 g/mol. The molecule has 0 radical (unpaired) electrons. The van der Waals surface area contributed by atoms with Crippen LogP contribution in [-0.2, 0) is 0 Å². The van der Waals surface area contributed by atoms with Crippen LogP contribution in [0.5, 0.6) is 0 Å². The molecule has 1 atom stereocenters. The van der Waals surface area contributed by atoms with Gasteiger partial charge in [0, 0.05) is 6.04 Å². The molecule has 82 valence electrons. The summed E-state index contributed by atoms with van der Waals surface area (Å²) in [6, 6.07) is 0.532. The van der Waals surface area contributed by atoms with Crippen LogP contribution in [0.15, 0.2) is 10.7 Å². The van der Waals surface area contributed by atoms with Crippen molar-refractivity contribution in [1.82, 2.24) is 4.98 Å². The van der Waals surface area contributed by atoms with Gasteiger partial charge in [0.1, 0.15) is 5.82 Å². The van der Waals surface area contributed by atoms with Crippen molar-refractivity contribution in [3.63, 3.8) is 0 Å². The summed E-state index contributed by atoms with van der Waals surface area (Å²) in [4.78, 5) is 4.30. The van der Waals surface area contributed by atoms with E-state index in [1.54, 1.807) is 6.20 Å². The summed E-state index contributed by atoms with van der Waals surface area (Å²) in [6.45, 7) is 6.50. The van der Waals surface area contributed by atoms with Crippen LogP contribution in [0.2, 0.25) is 0 Å². The molecule has 0 aliphatic heterocycles. The Morgan fingerprint density at radius 2 is 2.20 bits per heavy atom. The molecule has 1 heterocycles. The average molecular weight is 270 g/mol. The molecule has 0 amide bonds. The fourth-order valence-corrected chi connectivity index (χ4v) is 2.02. The second-order valence-corrected chi connectivity index (χ2v) is 5.68. The molecule has 1 saturated carbocycles. The minimum atomic E-state index is 0.399. The van der Waals surface area contributed by atoms with Gasteiger partial charge in [0.2, 0.25) is 0 Å². The Hall–Kier alpha value is -0.770. The van der Waals surface area contributed by atoms with Crippen LogP contribution in [0, 0.1) is 12.3 Å². The highest BCUT2D eigenvalue weighted by molar-refractivity contribution is 9.10. The number of nitrogens with one attached hydrogen (secondary N) is 1. The summed E-state index contributed by atoms with van der Waals surface area (Å²) in [5, 5.41) is 3.43. The molecule has 0 bridgehead atoms. The number of aromatic nitrogens is 1. The van der Waals surface area contributed by atoms with Crippen molar-refractivity contribution in [3.8, 4) is 0 Å². The highest BCUT2D eigenvalue weighted by Gasteiger charge is 2.46. The standard InChI is InChI=1S/C11H16BrN3/c1-6-7(13)5-14-10(9(6)12)15-8-4-11(8,2)3/h5,8H,4,13H2,1-3H3,(H,14,15). The van der Waals surface area contributed by atoms with Crippen molar-refractivity contribution in [2.24, 2.45) is 5.41 Å². The molecule has 4 heteroatoms. The molecule has 3 nitrogen and oxygen atoms in total. The van der Waals surface area contributed by atoms with Gasteiger partial charge in [-0.25, -0.2) is 4.98 Å². The summed E-state index contributed by atoms with van der Waals surface area (Å²) in [6.07, 6.45) is 2.91. The third kappa shape index (κ3) is 1.95. The van der Waals surface area contributed by atoms with E-state index in [4.69, 9.17) is 5.73 Å². The first-order valence-electron chi connectivity index (χ1n) is 5.09. The highest BCUT2D eigenvalue weighted by atomic mass is 79.9. The molecule has 1 aliphatic rings. The lowest BCUT2D eigenvalue weighted by molar-refractivity contribution is 0.629. The number of pyridine rings is 1. The number of halogens is 1. The SMILES string of the molecule is Cc1c(N)cnc(NC2CC2(C)C)c1Br. The second-order valence-electron chi connectivity index (χ2n) is 4.89.